The van der Waals surface area contributed by atoms with E-state index in [2.05, 4.69) is 4.98 Å². The second-order valence-electron chi connectivity index (χ2n) is 7.02. The largest absolute Gasteiger partial charge is 0.383 e. The van der Waals surface area contributed by atoms with E-state index >= 15 is 0 Å². The van der Waals surface area contributed by atoms with Crippen molar-refractivity contribution < 1.29 is 9.53 Å². The van der Waals surface area contributed by atoms with Crippen LogP contribution in [0.2, 0.25) is 0 Å². The summed E-state index contributed by atoms with van der Waals surface area (Å²) in [6, 6.07) is 24.9. The predicted molar refractivity (Wildman–Crippen MR) is 125 cm³/mol. The molecule has 0 aliphatic carbocycles. The highest BCUT2D eigenvalue weighted by Gasteiger charge is 2.14. The van der Waals surface area contributed by atoms with Crippen molar-refractivity contribution in [1.29, 1.82) is 0 Å². The van der Waals surface area contributed by atoms with Crippen LogP contribution in [0.3, 0.4) is 0 Å². The van der Waals surface area contributed by atoms with E-state index in [0.717, 1.165) is 11.1 Å². The van der Waals surface area contributed by atoms with E-state index < -0.39 is 0 Å². The lowest BCUT2D eigenvalue weighted by atomic mass is 10.0. The van der Waals surface area contributed by atoms with E-state index in [0.29, 0.717) is 34.8 Å². The highest BCUT2D eigenvalue weighted by atomic mass is 32.2. The smallest absolute Gasteiger partial charge is 0.262 e. The van der Waals surface area contributed by atoms with Crippen LogP contribution in [0.1, 0.15) is 10.4 Å². The first kappa shape index (κ1) is 21.0. The molecule has 0 fully saturated rings. The summed E-state index contributed by atoms with van der Waals surface area (Å²) in [7, 11) is 1.59. The third-order valence-electron chi connectivity index (χ3n) is 4.99. The summed E-state index contributed by atoms with van der Waals surface area (Å²) >= 11 is 1.28. The Morgan fingerprint density at radius 3 is 2.35 bits per heavy atom. The molecule has 0 bridgehead atoms. The van der Waals surface area contributed by atoms with Gasteiger partial charge in [0.1, 0.15) is 0 Å². The van der Waals surface area contributed by atoms with Gasteiger partial charge < -0.3 is 4.74 Å². The van der Waals surface area contributed by atoms with Crippen molar-refractivity contribution in [2.45, 2.75) is 11.7 Å². The number of carbonyl (C=O) groups is 1. The van der Waals surface area contributed by atoms with Gasteiger partial charge in [-0.3, -0.25) is 14.2 Å². The molecule has 1 aromatic heterocycles. The Balaban J connectivity index is 1.54. The van der Waals surface area contributed by atoms with E-state index in [4.69, 9.17) is 4.74 Å². The fourth-order valence-corrected chi connectivity index (χ4v) is 4.25. The minimum atomic E-state index is -0.121. The van der Waals surface area contributed by atoms with Crippen molar-refractivity contribution in [2.24, 2.45) is 0 Å². The Labute approximate surface area is 184 Å². The lowest BCUT2D eigenvalue weighted by Gasteiger charge is -2.12. The maximum absolute atomic E-state index is 12.9. The molecule has 4 rings (SSSR count). The molecular weight excluding hydrogens is 408 g/mol. The van der Waals surface area contributed by atoms with Crippen LogP contribution in [0, 0.1) is 0 Å². The predicted octanol–water partition coefficient (Wildman–Crippen LogP) is 4.68. The van der Waals surface area contributed by atoms with Gasteiger partial charge in [-0.2, -0.15) is 0 Å². The van der Waals surface area contributed by atoms with Gasteiger partial charge in [0.25, 0.3) is 5.56 Å². The standard InChI is InChI=1S/C25H22N2O3S/c1-30-16-15-27-24(29)21-9-5-6-10-22(21)26-25(27)31-17-23(28)20-13-11-19(12-14-20)18-7-3-2-4-8-18/h2-14H,15-17H2,1H3. The van der Waals surface area contributed by atoms with Crippen LogP contribution < -0.4 is 5.56 Å². The number of fused-ring (bicyclic) bond motifs is 1. The molecule has 0 saturated carbocycles. The lowest BCUT2D eigenvalue weighted by Crippen LogP contribution is -2.25. The molecule has 0 radical (unpaired) electrons. The maximum Gasteiger partial charge on any atom is 0.262 e. The number of aromatic nitrogens is 2. The van der Waals surface area contributed by atoms with Gasteiger partial charge in [0.2, 0.25) is 0 Å². The van der Waals surface area contributed by atoms with Crippen LogP contribution in [0.25, 0.3) is 22.0 Å². The quantitative estimate of drug-likeness (QED) is 0.231. The van der Waals surface area contributed by atoms with Gasteiger partial charge in [0, 0.05) is 12.7 Å². The molecule has 3 aromatic carbocycles. The molecule has 31 heavy (non-hydrogen) atoms. The second-order valence-corrected chi connectivity index (χ2v) is 7.96. The fourth-order valence-electron chi connectivity index (χ4n) is 3.33. The van der Waals surface area contributed by atoms with Gasteiger partial charge >= 0.3 is 0 Å². The molecule has 6 heteroatoms. The summed E-state index contributed by atoms with van der Waals surface area (Å²) in [5.41, 5.74) is 3.32. The Bertz CT molecular complexity index is 1250. The molecule has 0 saturated heterocycles. The number of ether oxygens (including phenoxy) is 1. The average molecular weight is 431 g/mol. The molecule has 0 atom stereocenters. The first-order valence-electron chi connectivity index (χ1n) is 9.97. The molecule has 0 N–H and O–H groups in total. The summed E-state index contributed by atoms with van der Waals surface area (Å²) in [6.07, 6.45) is 0. The van der Waals surface area contributed by atoms with Crippen molar-refractivity contribution in [3.63, 3.8) is 0 Å². The minimum Gasteiger partial charge on any atom is -0.383 e. The van der Waals surface area contributed by atoms with Crippen molar-refractivity contribution in [2.75, 3.05) is 19.5 Å². The molecule has 0 amide bonds. The number of benzene rings is 3. The number of hydrogen-bond acceptors (Lipinski definition) is 5. The highest BCUT2D eigenvalue weighted by Crippen LogP contribution is 2.22. The summed E-state index contributed by atoms with van der Waals surface area (Å²) in [5, 5.41) is 1.08. The average Bonchev–Trinajstić information content (AvgIpc) is 2.83. The first-order valence-corrected chi connectivity index (χ1v) is 11.0. The van der Waals surface area contributed by atoms with Crippen LogP contribution in [0.5, 0.6) is 0 Å². The van der Waals surface area contributed by atoms with E-state index in [1.54, 1.807) is 17.7 Å². The Kier molecular flexibility index (Phi) is 6.60. The minimum absolute atomic E-state index is 0.00897. The Morgan fingerprint density at radius 2 is 1.61 bits per heavy atom. The van der Waals surface area contributed by atoms with Crippen molar-refractivity contribution in [3.8, 4) is 11.1 Å². The molecule has 0 unspecified atom stereocenters. The number of rotatable bonds is 8. The highest BCUT2D eigenvalue weighted by molar-refractivity contribution is 7.99. The van der Waals surface area contributed by atoms with Crippen LogP contribution in [-0.4, -0.2) is 34.8 Å². The molecule has 0 spiro atoms. The maximum atomic E-state index is 12.9. The van der Waals surface area contributed by atoms with Crippen LogP contribution in [0.15, 0.2) is 88.8 Å². The molecule has 0 aliphatic heterocycles. The zero-order valence-corrected chi connectivity index (χ0v) is 18.0. The molecular formula is C25H22N2O3S. The van der Waals surface area contributed by atoms with Gasteiger partial charge in [-0.15, -0.1) is 0 Å². The number of ketones is 1. The molecule has 4 aromatic rings. The van der Waals surface area contributed by atoms with E-state index in [-0.39, 0.29) is 17.1 Å². The number of Topliss-reactive ketones (excluding diaryl/α,β-unsaturated/α-hetero) is 1. The third-order valence-corrected chi connectivity index (χ3v) is 5.97. The molecule has 156 valence electrons. The van der Waals surface area contributed by atoms with Gasteiger partial charge in [0.15, 0.2) is 10.9 Å². The number of thioether (sulfide) groups is 1. The number of para-hydroxylation sites is 1. The van der Waals surface area contributed by atoms with Crippen molar-refractivity contribution >= 4 is 28.4 Å². The van der Waals surface area contributed by atoms with E-state index in [9.17, 15) is 9.59 Å². The third kappa shape index (κ3) is 4.76. The van der Waals surface area contributed by atoms with Crippen LogP contribution in [0.4, 0.5) is 0 Å². The zero-order chi connectivity index (χ0) is 21.6. The summed E-state index contributed by atoms with van der Waals surface area (Å²) in [4.78, 5) is 30.3. The monoisotopic (exact) mass is 430 g/mol. The van der Waals surface area contributed by atoms with Gasteiger partial charge in [-0.05, 0) is 23.3 Å². The lowest BCUT2D eigenvalue weighted by molar-refractivity contribution is 0.102. The summed E-state index contributed by atoms with van der Waals surface area (Å²) in [6.45, 7) is 0.776. The van der Waals surface area contributed by atoms with E-state index in [1.165, 1.54) is 11.8 Å². The number of nitrogens with zero attached hydrogens (tertiary/aromatic N) is 2. The van der Waals surface area contributed by atoms with Gasteiger partial charge in [0.05, 0.1) is 29.8 Å². The number of carbonyl (C=O) groups excluding carboxylic acids is 1. The Hall–Kier alpha value is -3.22. The SMILES string of the molecule is COCCn1c(SCC(=O)c2ccc(-c3ccccc3)cc2)nc2ccccc2c1=O. The van der Waals surface area contributed by atoms with Gasteiger partial charge in [-0.1, -0.05) is 78.5 Å². The number of methoxy groups -OCH3 is 1. The summed E-state index contributed by atoms with van der Waals surface area (Å²) in [5.74, 6) is 0.188. The Morgan fingerprint density at radius 1 is 0.935 bits per heavy atom. The van der Waals surface area contributed by atoms with E-state index in [1.807, 2.05) is 72.8 Å². The second kappa shape index (κ2) is 9.73. The molecule has 1 heterocycles. The van der Waals surface area contributed by atoms with Crippen molar-refractivity contribution in [3.05, 3.63) is 94.8 Å². The fraction of sp³-hybridized carbons (Fsp3) is 0.160. The molecule has 5 nitrogen and oxygen atoms in total. The zero-order valence-electron chi connectivity index (χ0n) is 17.2. The van der Waals surface area contributed by atoms with Crippen LogP contribution >= 0.6 is 11.8 Å². The van der Waals surface area contributed by atoms with Crippen molar-refractivity contribution in [1.82, 2.24) is 9.55 Å². The van der Waals surface area contributed by atoms with Crippen LogP contribution in [-0.2, 0) is 11.3 Å². The molecule has 0 aliphatic rings. The van der Waals surface area contributed by atoms with Gasteiger partial charge in [-0.25, -0.2) is 4.98 Å². The normalized spacial score (nSPS) is 11.0. The number of hydrogen-bond donors (Lipinski definition) is 0. The first-order chi connectivity index (χ1) is 15.2. The summed E-state index contributed by atoms with van der Waals surface area (Å²) < 4.78 is 6.73. The topological polar surface area (TPSA) is 61.2 Å².